The highest BCUT2D eigenvalue weighted by Crippen LogP contribution is 2.31. The molecule has 0 heterocycles. The van der Waals surface area contributed by atoms with E-state index in [-0.39, 0.29) is 0 Å². The zero-order valence-corrected chi connectivity index (χ0v) is 12.8. The average molecular weight is 303 g/mol. The monoisotopic (exact) mass is 302 g/mol. The molecule has 4 unspecified atom stereocenters. The van der Waals surface area contributed by atoms with Crippen molar-refractivity contribution in [1.82, 2.24) is 0 Å². The van der Waals surface area contributed by atoms with E-state index in [9.17, 15) is 0 Å². The Balaban J connectivity index is 1.81. The highest BCUT2D eigenvalue weighted by molar-refractivity contribution is 9.09. The fourth-order valence-electron chi connectivity index (χ4n) is 3.31. The maximum absolute atomic E-state index is 6.40. The minimum absolute atomic E-state index is 0.477. The molecule has 2 rings (SSSR count). The summed E-state index contributed by atoms with van der Waals surface area (Å²) in [6.07, 6.45) is 14.5. The Morgan fingerprint density at radius 2 is 1.65 bits per heavy atom. The van der Waals surface area contributed by atoms with Crippen LogP contribution in [-0.2, 0) is 4.74 Å². The molecule has 0 aliphatic heterocycles. The second-order valence-electron chi connectivity index (χ2n) is 6.08. The molecule has 2 heteroatoms. The third-order valence-corrected chi connectivity index (χ3v) is 5.42. The van der Waals surface area contributed by atoms with Crippen LogP contribution in [0.2, 0.25) is 0 Å². The van der Waals surface area contributed by atoms with Gasteiger partial charge in [-0.3, -0.25) is 0 Å². The molecule has 0 amide bonds. The van der Waals surface area contributed by atoms with Gasteiger partial charge in [-0.1, -0.05) is 61.4 Å². The zero-order chi connectivity index (χ0) is 12.1. The molecule has 0 bridgehead atoms. The normalized spacial score (nSPS) is 40.6. The van der Waals surface area contributed by atoms with Crippen LogP contribution in [0.15, 0.2) is 0 Å². The summed E-state index contributed by atoms with van der Waals surface area (Å²) in [6, 6.07) is 0. The molecule has 0 N–H and O–H groups in total. The molecule has 0 aromatic carbocycles. The molecule has 0 aromatic rings. The molecule has 0 aromatic heterocycles. The van der Waals surface area contributed by atoms with E-state index < -0.39 is 0 Å². The van der Waals surface area contributed by atoms with Gasteiger partial charge in [-0.2, -0.15) is 0 Å². The van der Waals surface area contributed by atoms with E-state index in [1.165, 1.54) is 64.2 Å². The first-order valence-electron chi connectivity index (χ1n) is 7.55. The van der Waals surface area contributed by atoms with E-state index in [1.807, 2.05) is 0 Å². The maximum Gasteiger partial charge on any atom is 0.0703 e. The molecule has 2 aliphatic rings. The van der Waals surface area contributed by atoms with E-state index in [0.717, 1.165) is 5.92 Å². The fraction of sp³-hybridized carbons (Fsp3) is 1.00. The number of rotatable bonds is 2. The van der Waals surface area contributed by atoms with Crippen LogP contribution in [0.4, 0.5) is 0 Å². The van der Waals surface area contributed by atoms with Gasteiger partial charge >= 0.3 is 0 Å². The summed E-state index contributed by atoms with van der Waals surface area (Å²) in [5.41, 5.74) is 0. The molecule has 1 nitrogen and oxygen atoms in total. The summed E-state index contributed by atoms with van der Waals surface area (Å²) in [5, 5.41) is 0. The van der Waals surface area contributed by atoms with Crippen LogP contribution in [0.1, 0.15) is 71.1 Å². The van der Waals surface area contributed by atoms with Gasteiger partial charge in [0.1, 0.15) is 0 Å². The van der Waals surface area contributed by atoms with Crippen LogP contribution < -0.4 is 0 Å². The Bertz CT molecular complexity index is 219. The van der Waals surface area contributed by atoms with Crippen LogP contribution in [-0.4, -0.2) is 17.0 Å². The van der Waals surface area contributed by atoms with Crippen molar-refractivity contribution in [3.05, 3.63) is 0 Å². The number of alkyl halides is 1. The van der Waals surface area contributed by atoms with Gasteiger partial charge in [0.15, 0.2) is 0 Å². The van der Waals surface area contributed by atoms with Crippen molar-refractivity contribution >= 4 is 15.9 Å². The lowest BCUT2D eigenvalue weighted by Gasteiger charge is -2.33. The largest absolute Gasteiger partial charge is 0.374 e. The third-order valence-electron chi connectivity index (χ3n) is 4.38. The Morgan fingerprint density at radius 3 is 2.41 bits per heavy atom. The molecule has 17 heavy (non-hydrogen) atoms. The zero-order valence-electron chi connectivity index (χ0n) is 11.2. The number of halogens is 1. The molecule has 100 valence electrons. The molecule has 4 atom stereocenters. The summed E-state index contributed by atoms with van der Waals surface area (Å²) in [5.74, 6) is 0.871. The highest BCUT2D eigenvalue weighted by atomic mass is 79.9. The van der Waals surface area contributed by atoms with E-state index in [2.05, 4.69) is 22.9 Å². The van der Waals surface area contributed by atoms with Crippen molar-refractivity contribution in [3.63, 3.8) is 0 Å². The first-order valence-corrected chi connectivity index (χ1v) is 8.47. The number of ether oxygens (including phenoxy) is 1. The third kappa shape index (κ3) is 4.55. The second-order valence-corrected chi connectivity index (χ2v) is 7.25. The van der Waals surface area contributed by atoms with Gasteiger partial charge < -0.3 is 4.74 Å². The first-order chi connectivity index (χ1) is 8.25. The van der Waals surface area contributed by atoms with Gasteiger partial charge in [-0.15, -0.1) is 0 Å². The van der Waals surface area contributed by atoms with Gasteiger partial charge in [0.05, 0.1) is 12.2 Å². The fourth-order valence-corrected chi connectivity index (χ4v) is 4.02. The quantitative estimate of drug-likeness (QED) is 0.647. The highest BCUT2D eigenvalue weighted by Gasteiger charge is 2.27. The lowest BCUT2D eigenvalue weighted by Crippen LogP contribution is -2.33. The van der Waals surface area contributed by atoms with Gasteiger partial charge in [0.2, 0.25) is 0 Å². The van der Waals surface area contributed by atoms with Crippen molar-refractivity contribution in [3.8, 4) is 0 Å². The average Bonchev–Trinajstić information content (AvgIpc) is 2.29. The standard InChI is InChI=1S/C15H27BrO/c1-12-7-6-8-13(11-12)17-15-10-5-3-2-4-9-14(15)16/h12-15H,2-11H2,1H3. The van der Waals surface area contributed by atoms with Crippen molar-refractivity contribution in [2.75, 3.05) is 0 Å². The second kappa shape index (κ2) is 7.13. The van der Waals surface area contributed by atoms with Gasteiger partial charge in [-0.25, -0.2) is 0 Å². The predicted octanol–water partition coefficient (Wildman–Crippen LogP) is 5.07. The minimum Gasteiger partial charge on any atom is -0.374 e. The van der Waals surface area contributed by atoms with Crippen LogP contribution in [0.3, 0.4) is 0 Å². The predicted molar refractivity (Wildman–Crippen MR) is 76.7 cm³/mol. The van der Waals surface area contributed by atoms with Crippen LogP contribution in [0, 0.1) is 5.92 Å². The summed E-state index contributed by atoms with van der Waals surface area (Å²) >= 11 is 3.86. The molecular formula is C15H27BrO. The Hall–Kier alpha value is 0.440. The number of hydrogen-bond donors (Lipinski definition) is 0. The number of hydrogen-bond acceptors (Lipinski definition) is 1. The van der Waals surface area contributed by atoms with E-state index in [4.69, 9.17) is 4.74 Å². The maximum atomic E-state index is 6.40. The molecular weight excluding hydrogens is 276 g/mol. The first kappa shape index (κ1) is 13.9. The molecule has 2 aliphatic carbocycles. The smallest absolute Gasteiger partial charge is 0.0703 e. The van der Waals surface area contributed by atoms with Gasteiger partial charge in [0.25, 0.3) is 0 Å². The topological polar surface area (TPSA) is 9.23 Å². The molecule has 0 saturated heterocycles. The van der Waals surface area contributed by atoms with Gasteiger partial charge in [0, 0.05) is 4.83 Å². The summed E-state index contributed by atoms with van der Waals surface area (Å²) in [7, 11) is 0. The SMILES string of the molecule is CC1CCCC(OC2CCCCCCC2Br)C1. The van der Waals surface area contributed by atoms with Gasteiger partial charge in [-0.05, 0) is 31.6 Å². The van der Waals surface area contributed by atoms with Crippen molar-refractivity contribution < 1.29 is 4.74 Å². The summed E-state index contributed by atoms with van der Waals surface area (Å²) < 4.78 is 6.40. The Morgan fingerprint density at radius 1 is 0.882 bits per heavy atom. The van der Waals surface area contributed by atoms with Crippen LogP contribution >= 0.6 is 15.9 Å². The van der Waals surface area contributed by atoms with E-state index >= 15 is 0 Å². The lowest BCUT2D eigenvalue weighted by molar-refractivity contribution is -0.0447. The molecule has 2 fully saturated rings. The lowest BCUT2D eigenvalue weighted by atomic mass is 9.88. The van der Waals surface area contributed by atoms with Crippen molar-refractivity contribution in [2.45, 2.75) is 88.2 Å². The minimum atomic E-state index is 0.477. The molecule has 2 saturated carbocycles. The van der Waals surface area contributed by atoms with Crippen molar-refractivity contribution in [1.29, 1.82) is 0 Å². The van der Waals surface area contributed by atoms with Crippen molar-refractivity contribution in [2.24, 2.45) is 5.92 Å². The van der Waals surface area contributed by atoms with Crippen LogP contribution in [0.5, 0.6) is 0 Å². The molecule has 0 radical (unpaired) electrons. The van der Waals surface area contributed by atoms with Crippen LogP contribution in [0.25, 0.3) is 0 Å². The Labute approximate surface area is 115 Å². The van der Waals surface area contributed by atoms with E-state index in [0.29, 0.717) is 17.0 Å². The Kier molecular flexibility index (Phi) is 5.82. The summed E-state index contributed by atoms with van der Waals surface area (Å²) in [4.78, 5) is 0.597. The molecule has 0 spiro atoms. The van der Waals surface area contributed by atoms with E-state index in [1.54, 1.807) is 0 Å². The summed E-state index contributed by atoms with van der Waals surface area (Å²) in [6.45, 7) is 2.37.